The number of anilines is 1. The Morgan fingerprint density at radius 3 is 2.56 bits per heavy atom. The van der Waals surface area contributed by atoms with Crippen LogP contribution in [-0.2, 0) is 16.4 Å². The maximum atomic E-state index is 12.4. The van der Waals surface area contributed by atoms with E-state index in [-0.39, 0.29) is 11.3 Å². The molecule has 2 aromatic heterocycles. The van der Waals surface area contributed by atoms with Gasteiger partial charge in [0.2, 0.25) is 10.0 Å². The van der Waals surface area contributed by atoms with Gasteiger partial charge in [-0.25, -0.2) is 22.7 Å². The monoisotopic (exact) mass is 387 g/mol. The molecule has 0 aromatic carbocycles. The first-order valence-corrected chi connectivity index (χ1v) is 11.1. The summed E-state index contributed by atoms with van der Waals surface area (Å²) in [6.45, 7) is 3.22. The van der Waals surface area contributed by atoms with Crippen molar-refractivity contribution in [2.24, 2.45) is 0 Å². The molecule has 1 N–H and O–H groups in total. The third-order valence-corrected chi connectivity index (χ3v) is 7.55. The van der Waals surface area contributed by atoms with Crippen molar-refractivity contribution < 1.29 is 8.42 Å². The highest BCUT2D eigenvalue weighted by Gasteiger charge is 2.41. The third-order valence-electron chi connectivity index (χ3n) is 5.15. The van der Waals surface area contributed by atoms with Crippen molar-refractivity contribution in [2.45, 2.75) is 50.3 Å². The molecule has 2 aliphatic rings. The van der Waals surface area contributed by atoms with Gasteiger partial charge in [0, 0.05) is 37.1 Å². The van der Waals surface area contributed by atoms with E-state index >= 15 is 0 Å². The summed E-state index contributed by atoms with van der Waals surface area (Å²) in [4.78, 5) is 13.6. The van der Waals surface area contributed by atoms with Crippen molar-refractivity contribution in [3.8, 4) is 11.5 Å². The minimum Gasteiger partial charge on any atom is -0.367 e. The van der Waals surface area contributed by atoms with Gasteiger partial charge in [-0.2, -0.15) is 0 Å². The molecule has 4 rings (SSSR count). The Labute approximate surface area is 160 Å². The van der Waals surface area contributed by atoms with Crippen LogP contribution in [0.25, 0.3) is 11.5 Å². The predicted octanol–water partition coefficient (Wildman–Crippen LogP) is 2.47. The second kappa shape index (κ2) is 7.52. The number of pyridine rings is 1. The van der Waals surface area contributed by atoms with E-state index in [9.17, 15) is 8.42 Å². The highest BCUT2D eigenvalue weighted by atomic mass is 32.2. The largest absolute Gasteiger partial charge is 0.367 e. The van der Waals surface area contributed by atoms with E-state index in [1.54, 1.807) is 10.5 Å². The molecule has 3 heterocycles. The topological polar surface area (TPSA) is 88.1 Å². The fraction of sp³-hybridized carbons (Fsp3) is 0.526. The van der Waals surface area contributed by atoms with Crippen LogP contribution in [0.5, 0.6) is 0 Å². The molecule has 0 amide bonds. The van der Waals surface area contributed by atoms with Crippen LogP contribution in [-0.4, -0.2) is 52.1 Å². The summed E-state index contributed by atoms with van der Waals surface area (Å²) >= 11 is 0. The molecule has 2 fully saturated rings. The second-order valence-electron chi connectivity index (χ2n) is 7.20. The van der Waals surface area contributed by atoms with Crippen molar-refractivity contribution in [2.75, 3.05) is 18.4 Å². The van der Waals surface area contributed by atoms with Gasteiger partial charge in [0.25, 0.3) is 0 Å². The molecule has 1 saturated carbocycles. The zero-order valence-electron chi connectivity index (χ0n) is 15.5. The summed E-state index contributed by atoms with van der Waals surface area (Å²) in [5.74, 6) is 1.40. The maximum Gasteiger partial charge on any atom is 0.216 e. The van der Waals surface area contributed by atoms with E-state index in [1.165, 1.54) is 0 Å². The lowest BCUT2D eigenvalue weighted by Crippen LogP contribution is -2.43. The zero-order chi connectivity index (χ0) is 18.9. The fourth-order valence-electron chi connectivity index (χ4n) is 3.40. The van der Waals surface area contributed by atoms with Crippen molar-refractivity contribution in [3.63, 3.8) is 0 Å². The van der Waals surface area contributed by atoms with Crippen LogP contribution in [0.4, 0.5) is 5.82 Å². The van der Waals surface area contributed by atoms with E-state index in [1.807, 2.05) is 24.3 Å². The lowest BCUT2D eigenvalue weighted by molar-refractivity contribution is 0.329. The summed E-state index contributed by atoms with van der Waals surface area (Å²) in [5, 5.41) is 3.35. The molecule has 144 valence electrons. The summed E-state index contributed by atoms with van der Waals surface area (Å²) in [6.07, 6.45) is 5.76. The van der Waals surface area contributed by atoms with Gasteiger partial charge in [0.05, 0.1) is 5.25 Å². The molecule has 0 spiro atoms. The normalized spacial score (nSPS) is 19.1. The SMILES string of the molecule is CCc1cc(NC2CCN(S(=O)(=O)C3CC3)CC2)nc(-c2ccccn2)n1. The van der Waals surface area contributed by atoms with Crippen molar-refractivity contribution in [1.29, 1.82) is 0 Å². The van der Waals surface area contributed by atoms with Crippen LogP contribution >= 0.6 is 0 Å². The number of hydrogen-bond acceptors (Lipinski definition) is 6. The van der Waals surface area contributed by atoms with Gasteiger partial charge in [0.1, 0.15) is 11.5 Å². The number of nitrogens with zero attached hydrogens (tertiary/aromatic N) is 4. The van der Waals surface area contributed by atoms with Crippen LogP contribution in [0.3, 0.4) is 0 Å². The second-order valence-corrected chi connectivity index (χ2v) is 9.41. The number of rotatable bonds is 6. The quantitative estimate of drug-likeness (QED) is 0.819. The van der Waals surface area contributed by atoms with Crippen LogP contribution < -0.4 is 5.32 Å². The predicted molar refractivity (Wildman–Crippen MR) is 105 cm³/mol. The summed E-state index contributed by atoms with van der Waals surface area (Å²) in [5.41, 5.74) is 1.71. The molecule has 2 aromatic rings. The number of sulfonamides is 1. The first-order valence-electron chi connectivity index (χ1n) is 9.61. The number of hydrogen-bond donors (Lipinski definition) is 1. The molecule has 1 aliphatic heterocycles. The Balaban J connectivity index is 1.45. The van der Waals surface area contributed by atoms with Crippen LogP contribution in [0.2, 0.25) is 0 Å². The molecule has 0 atom stereocenters. The highest BCUT2D eigenvalue weighted by Crippen LogP contribution is 2.32. The van der Waals surface area contributed by atoms with Gasteiger partial charge in [-0.3, -0.25) is 4.98 Å². The van der Waals surface area contributed by atoms with Gasteiger partial charge >= 0.3 is 0 Å². The number of aryl methyl sites for hydroxylation is 1. The van der Waals surface area contributed by atoms with E-state index in [0.29, 0.717) is 18.9 Å². The number of piperidine rings is 1. The molecule has 27 heavy (non-hydrogen) atoms. The Kier molecular flexibility index (Phi) is 5.10. The third kappa shape index (κ3) is 4.11. The molecular weight excluding hydrogens is 362 g/mol. The molecular formula is C19H25N5O2S. The molecule has 8 heteroatoms. The molecule has 7 nitrogen and oxygen atoms in total. The van der Waals surface area contributed by atoms with Gasteiger partial charge < -0.3 is 5.32 Å². The Morgan fingerprint density at radius 1 is 1.15 bits per heavy atom. The minimum absolute atomic E-state index is 0.128. The fourth-order valence-corrected chi connectivity index (χ4v) is 5.28. The van der Waals surface area contributed by atoms with Gasteiger partial charge in [0.15, 0.2) is 5.82 Å². The molecule has 1 aliphatic carbocycles. The number of nitrogens with one attached hydrogen (secondary N) is 1. The summed E-state index contributed by atoms with van der Waals surface area (Å²) < 4.78 is 26.4. The lowest BCUT2D eigenvalue weighted by Gasteiger charge is -2.32. The Bertz CT molecular complexity index is 892. The van der Waals surface area contributed by atoms with Gasteiger partial charge in [-0.05, 0) is 44.2 Å². The van der Waals surface area contributed by atoms with Crippen LogP contribution in [0.15, 0.2) is 30.5 Å². The van der Waals surface area contributed by atoms with Gasteiger partial charge in [-0.15, -0.1) is 0 Å². The standard InChI is InChI=1S/C19H25N5O2S/c1-2-14-13-18(23-19(22-14)17-5-3-4-10-20-17)21-15-8-11-24(12-9-15)27(25,26)16-6-7-16/h3-5,10,13,15-16H,2,6-9,11-12H2,1H3,(H,21,22,23). The first kappa shape index (κ1) is 18.3. The van der Waals surface area contributed by atoms with E-state index in [0.717, 1.165) is 49.3 Å². The molecule has 0 unspecified atom stereocenters. The maximum absolute atomic E-state index is 12.4. The average Bonchev–Trinajstić information content (AvgIpc) is 3.55. The average molecular weight is 388 g/mol. The first-order chi connectivity index (χ1) is 13.1. The van der Waals surface area contributed by atoms with E-state index in [4.69, 9.17) is 0 Å². The molecule has 0 radical (unpaired) electrons. The minimum atomic E-state index is -3.07. The molecule has 1 saturated heterocycles. The van der Waals surface area contributed by atoms with Gasteiger partial charge in [-0.1, -0.05) is 13.0 Å². The smallest absolute Gasteiger partial charge is 0.216 e. The van der Waals surface area contributed by atoms with Crippen molar-refractivity contribution in [1.82, 2.24) is 19.3 Å². The highest BCUT2D eigenvalue weighted by molar-refractivity contribution is 7.90. The summed E-state index contributed by atoms with van der Waals surface area (Å²) in [6, 6.07) is 7.88. The van der Waals surface area contributed by atoms with Crippen molar-refractivity contribution >= 4 is 15.8 Å². The van der Waals surface area contributed by atoms with Crippen molar-refractivity contribution in [3.05, 3.63) is 36.2 Å². The number of aromatic nitrogens is 3. The van der Waals surface area contributed by atoms with Crippen LogP contribution in [0, 0.1) is 0 Å². The zero-order valence-corrected chi connectivity index (χ0v) is 16.3. The Morgan fingerprint density at radius 2 is 1.93 bits per heavy atom. The van der Waals surface area contributed by atoms with E-state index < -0.39 is 10.0 Å². The molecule has 0 bridgehead atoms. The summed E-state index contributed by atoms with van der Waals surface area (Å²) in [7, 11) is -3.07. The van der Waals surface area contributed by atoms with E-state index in [2.05, 4.69) is 27.2 Å². The Hall–Kier alpha value is -2.06. The van der Waals surface area contributed by atoms with Crippen LogP contribution in [0.1, 0.15) is 38.3 Å². The lowest BCUT2D eigenvalue weighted by atomic mass is 10.1.